The summed E-state index contributed by atoms with van der Waals surface area (Å²) >= 11 is 0. The summed E-state index contributed by atoms with van der Waals surface area (Å²) in [7, 11) is 5.05. The minimum absolute atomic E-state index is 0.192. The van der Waals surface area contributed by atoms with E-state index in [0.717, 1.165) is 25.7 Å². The molecule has 0 aromatic carbocycles. The Balaban J connectivity index is 3.90. The fraction of sp³-hybridized carbons (Fsp3) is 0.824. The van der Waals surface area contributed by atoms with Crippen molar-refractivity contribution in [1.82, 2.24) is 0 Å². The van der Waals surface area contributed by atoms with Crippen LogP contribution in [0.15, 0.2) is 12.7 Å². The zero-order valence-corrected chi connectivity index (χ0v) is 14.2. The van der Waals surface area contributed by atoms with Crippen LogP contribution in [-0.4, -0.2) is 27.2 Å². The molecule has 21 heavy (non-hydrogen) atoms. The third kappa shape index (κ3) is 11.6. The van der Waals surface area contributed by atoms with E-state index in [1.807, 2.05) is 0 Å². The lowest BCUT2D eigenvalue weighted by Gasteiger charge is -2.28. The lowest BCUT2D eigenvalue weighted by Crippen LogP contribution is -2.18. The molecule has 120 valence electrons. The van der Waals surface area contributed by atoms with Gasteiger partial charge in [0.2, 0.25) is 0 Å². The van der Waals surface area contributed by atoms with Crippen molar-refractivity contribution in [3.63, 3.8) is 0 Å². The maximum atomic E-state index is 11.0. The number of ether oxygens (including phenoxy) is 1. The summed E-state index contributed by atoms with van der Waals surface area (Å²) in [5.74, 6) is -0.339. The number of carbonyl (C=O) groups is 1. The van der Waals surface area contributed by atoms with Crippen LogP contribution < -0.4 is 0 Å². The van der Waals surface area contributed by atoms with E-state index in [2.05, 4.69) is 38.9 Å². The molecule has 0 fully saturated rings. The molecule has 0 heterocycles. The second-order valence-corrected chi connectivity index (χ2v) is 7.28. The Labute approximate surface area is 131 Å². The Kier molecular flexibility index (Phi) is 9.68. The molecule has 0 aromatic heterocycles. The fourth-order valence-corrected chi connectivity index (χ4v) is 2.42. The minimum atomic E-state index is -0.339. The van der Waals surface area contributed by atoms with E-state index < -0.39 is 0 Å². The largest absolute Gasteiger partial charge is 0.463 e. The van der Waals surface area contributed by atoms with Gasteiger partial charge < -0.3 is 9.39 Å². The van der Waals surface area contributed by atoms with Crippen molar-refractivity contribution in [3.05, 3.63) is 12.7 Å². The quantitative estimate of drug-likeness (QED) is 0.234. The standard InChI is InChI=1S/C17H31BO3/c1-6-15(19)20-14-12-17(4,5)10-7-9-16(2,3)11-8-13-21-18/h6H,1,7-14H2,2-5H3. The third-order valence-electron chi connectivity index (χ3n) is 4.01. The normalized spacial score (nSPS) is 12.2. The van der Waals surface area contributed by atoms with Gasteiger partial charge in [-0.25, -0.2) is 4.79 Å². The Bertz CT molecular complexity index is 311. The molecule has 3 nitrogen and oxygen atoms in total. The van der Waals surface area contributed by atoms with Gasteiger partial charge in [-0.1, -0.05) is 40.7 Å². The monoisotopic (exact) mass is 294 g/mol. The van der Waals surface area contributed by atoms with E-state index in [0.29, 0.717) is 18.6 Å². The third-order valence-corrected chi connectivity index (χ3v) is 4.01. The van der Waals surface area contributed by atoms with Crippen LogP contribution >= 0.6 is 0 Å². The van der Waals surface area contributed by atoms with Crippen molar-refractivity contribution in [3.8, 4) is 0 Å². The van der Waals surface area contributed by atoms with Gasteiger partial charge in [-0.05, 0) is 42.9 Å². The molecule has 0 N–H and O–H groups in total. The van der Waals surface area contributed by atoms with Crippen LogP contribution in [0.1, 0.15) is 66.2 Å². The summed E-state index contributed by atoms with van der Waals surface area (Å²) in [6.07, 6.45) is 7.72. The molecule has 0 aromatic rings. The van der Waals surface area contributed by atoms with Crippen LogP contribution in [0.3, 0.4) is 0 Å². The molecule has 0 aliphatic rings. The molecule has 0 saturated heterocycles. The maximum absolute atomic E-state index is 11.0. The smallest absolute Gasteiger partial charge is 0.330 e. The summed E-state index contributed by atoms with van der Waals surface area (Å²) in [6, 6.07) is 0. The van der Waals surface area contributed by atoms with Crippen molar-refractivity contribution in [2.24, 2.45) is 10.8 Å². The van der Waals surface area contributed by atoms with Gasteiger partial charge in [0, 0.05) is 12.7 Å². The van der Waals surface area contributed by atoms with Gasteiger partial charge in [-0.3, -0.25) is 0 Å². The van der Waals surface area contributed by atoms with E-state index in [9.17, 15) is 4.79 Å². The van der Waals surface area contributed by atoms with Crippen LogP contribution in [0.4, 0.5) is 0 Å². The SMILES string of the molecule is [B]OCCCC(C)(C)CCCC(C)(C)CCOC(=O)C=C. The Morgan fingerprint density at radius 3 is 2.05 bits per heavy atom. The molecule has 0 aliphatic carbocycles. The highest BCUT2D eigenvalue weighted by molar-refractivity contribution is 5.97. The van der Waals surface area contributed by atoms with Crippen LogP contribution in [0.25, 0.3) is 0 Å². The summed E-state index contributed by atoms with van der Waals surface area (Å²) in [5, 5.41) is 0. The maximum Gasteiger partial charge on any atom is 0.330 e. The van der Waals surface area contributed by atoms with Crippen LogP contribution in [0.2, 0.25) is 0 Å². The highest BCUT2D eigenvalue weighted by atomic mass is 16.5. The molecule has 2 radical (unpaired) electrons. The van der Waals surface area contributed by atoms with Gasteiger partial charge in [0.15, 0.2) is 0 Å². The number of rotatable bonds is 12. The van der Waals surface area contributed by atoms with E-state index in [4.69, 9.17) is 12.8 Å². The first-order valence-electron chi connectivity index (χ1n) is 7.83. The van der Waals surface area contributed by atoms with Crippen molar-refractivity contribution < 1.29 is 14.2 Å². The minimum Gasteiger partial charge on any atom is -0.463 e. The van der Waals surface area contributed by atoms with Gasteiger partial charge in [0.1, 0.15) is 0 Å². The van der Waals surface area contributed by atoms with E-state index >= 15 is 0 Å². The molecule has 0 saturated carbocycles. The second-order valence-electron chi connectivity index (χ2n) is 7.28. The first-order chi connectivity index (χ1) is 9.72. The van der Waals surface area contributed by atoms with Crippen molar-refractivity contribution in [2.45, 2.75) is 66.2 Å². The van der Waals surface area contributed by atoms with E-state index in [-0.39, 0.29) is 11.4 Å². The van der Waals surface area contributed by atoms with Crippen molar-refractivity contribution in [2.75, 3.05) is 13.2 Å². The summed E-state index contributed by atoms with van der Waals surface area (Å²) in [5.41, 5.74) is 0.516. The molecule has 4 heteroatoms. The number of esters is 1. The first-order valence-corrected chi connectivity index (χ1v) is 7.83. The van der Waals surface area contributed by atoms with E-state index in [1.54, 1.807) is 0 Å². The zero-order chi connectivity index (χ0) is 16.4. The lowest BCUT2D eigenvalue weighted by atomic mass is 9.78. The number of carbonyl (C=O) groups excluding carboxylic acids is 1. The summed E-state index contributed by atoms with van der Waals surface area (Å²) in [6.45, 7) is 13.5. The van der Waals surface area contributed by atoms with Gasteiger partial charge in [0.05, 0.1) is 6.61 Å². The van der Waals surface area contributed by atoms with Gasteiger partial charge >= 0.3 is 5.97 Å². The topological polar surface area (TPSA) is 35.5 Å². The highest BCUT2D eigenvalue weighted by Crippen LogP contribution is 2.33. The highest BCUT2D eigenvalue weighted by Gasteiger charge is 2.22. The molecule has 0 aliphatic heterocycles. The second kappa shape index (κ2) is 10.0. The van der Waals surface area contributed by atoms with Crippen LogP contribution in [-0.2, 0) is 14.2 Å². The average Bonchev–Trinajstić information content (AvgIpc) is 2.37. The zero-order valence-electron chi connectivity index (χ0n) is 14.2. The molecule has 0 rings (SSSR count). The molecular formula is C17H31BO3. The van der Waals surface area contributed by atoms with Gasteiger partial charge in [0.25, 0.3) is 8.05 Å². The van der Waals surface area contributed by atoms with Crippen LogP contribution in [0, 0.1) is 10.8 Å². The van der Waals surface area contributed by atoms with E-state index in [1.165, 1.54) is 18.9 Å². The predicted molar refractivity (Wildman–Crippen MR) is 88.1 cm³/mol. The average molecular weight is 294 g/mol. The molecule has 0 amide bonds. The first kappa shape index (κ1) is 20.2. The Morgan fingerprint density at radius 2 is 1.52 bits per heavy atom. The Hall–Kier alpha value is -0.765. The number of hydrogen-bond acceptors (Lipinski definition) is 3. The Morgan fingerprint density at radius 1 is 1.00 bits per heavy atom. The van der Waals surface area contributed by atoms with Crippen LogP contribution in [0.5, 0.6) is 0 Å². The molecule has 0 unspecified atom stereocenters. The fourth-order valence-electron chi connectivity index (χ4n) is 2.42. The lowest BCUT2D eigenvalue weighted by molar-refractivity contribution is -0.138. The predicted octanol–water partition coefficient (Wildman–Crippen LogP) is 4.21. The molecule has 0 atom stereocenters. The van der Waals surface area contributed by atoms with Gasteiger partial charge in [-0.2, -0.15) is 0 Å². The molecular weight excluding hydrogens is 263 g/mol. The van der Waals surface area contributed by atoms with Crippen molar-refractivity contribution >= 4 is 14.0 Å². The van der Waals surface area contributed by atoms with Crippen molar-refractivity contribution in [1.29, 1.82) is 0 Å². The van der Waals surface area contributed by atoms with Gasteiger partial charge in [-0.15, -0.1) is 0 Å². The summed E-state index contributed by atoms with van der Waals surface area (Å²) < 4.78 is 9.68. The number of hydrogen-bond donors (Lipinski definition) is 0. The molecule has 0 bridgehead atoms. The molecule has 0 spiro atoms. The summed E-state index contributed by atoms with van der Waals surface area (Å²) in [4.78, 5) is 11.0.